The molecule has 43 heavy (non-hydrogen) atoms. The third-order valence-corrected chi connectivity index (χ3v) is 7.89. The number of aromatic nitrogens is 1. The van der Waals surface area contributed by atoms with E-state index in [-0.39, 0.29) is 27.9 Å². The first-order valence-electron chi connectivity index (χ1n) is 13.8. The Morgan fingerprint density at radius 2 is 1.67 bits per heavy atom. The van der Waals surface area contributed by atoms with E-state index in [2.05, 4.69) is 4.98 Å². The number of anilines is 1. The summed E-state index contributed by atoms with van der Waals surface area (Å²) in [4.78, 5) is 45.7. The summed E-state index contributed by atoms with van der Waals surface area (Å²) in [7, 11) is 0. The average Bonchev–Trinajstić information content (AvgIpc) is 3.53. The van der Waals surface area contributed by atoms with Gasteiger partial charge in [0.1, 0.15) is 28.7 Å². The highest BCUT2D eigenvalue weighted by atomic mass is 32.1. The number of ketones is 1. The van der Waals surface area contributed by atoms with Crippen molar-refractivity contribution in [2.24, 2.45) is 0 Å². The van der Waals surface area contributed by atoms with Crippen molar-refractivity contribution in [3.8, 4) is 11.5 Å². The average molecular weight is 599 g/mol. The van der Waals surface area contributed by atoms with Crippen LogP contribution < -0.4 is 14.4 Å². The molecule has 0 aliphatic carbocycles. The fourth-order valence-corrected chi connectivity index (χ4v) is 5.75. The van der Waals surface area contributed by atoms with Crippen molar-refractivity contribution in [2.75, 3.05) is 18.1 Å². The first-order valence-corrected chi connectivity index (χ1v) is 14.6. The highest BCUT2D eigenvalue weighted by Crippen LogP contribution is 2.44. The molecule has 10 heteroatoms. The summed E-state index contributed by atoms with van der Waals surface area (Å²) in [5.41, 5.74) is 2.08. The molecular weight excluding hydrogens is 568 g/mol. The zero-order valence-electron chi connectivity index (χ0n) is 23.9. The number of nitrogens with zero attached hydrogens (tertiary/aromatic N) is 2. The molecule has 0 bridgehead atoms. The number of Topliss-reactive ketones (excluding diaryl/α,β-unsaturated/α-hetero) is 1. The van der Waals surface area contributed by atoms with Crippen molar-refractivity contribution in [1.29, 1.82) is 0 Å². The van der Waals surface area contributed by atoms with Gasteiger partial charge in [0.05, 0.1) is 30.5 Å². The topological polar surface area (TPSA) is 115 Å². The zero-order valence-corrected chi connectivity index (χ0v) is 24.7. The molecule has 1 aliphatic rings. The van der Waals surface area contributed by atoms with E-state index in [1.165, 1.54) is 4.90 Å². The third-order valence-electron chi connectivity index (χ3n) is 6.76. The Morgan fingerprint density at radius 1 is 0.930 bits per heavy atom. The van der Waals surface area contributed by atoms with Crippen LogP contribution in [-0.2, 0) is 20.9 Å². The number of rotatable bonds is 10. The summed E-state index contributed by atoms with van der Waals surface area (Å²) < 4.78 is 16.7. The minimum absolute atomic E-state index is 0.111. The number of amides is 1. The van der Waals surface area contributed by atoms with E-state index < -0.39 is 23.7 Å². The van der Waals surface area contributed by atoms with Crippen molar-refractivity contribution >= 4 is 39.9 Å². The van der Waals surface area contributed by atoms with E-state index in [0.717, 1.165) is 16.9 Å². The number of esters is 1. The summed E-state index contributed by atoms with van der Waals surface area (Å²) >= 11 is 0.953. The second-order valence-electron chi connectivity index (χ2n) is 9.60. The van der Waals surface area contributed by atoms with Gasteiger partial charge in [-0.1, -0.05) is 53.8 Å². The van der Waals surface area contributed by atoms with Crippen LogP contribution in [0, 0.1) is 6.92 Å². The number of benzene rings is 3. The monoisotopic (exact) mass is 598 g/mol. The maximum absolute atomic E-state index is 13.6. The van der Waals surface area contributed by atoms with Gasteiger partial charge in [-0.25, -0.2) is 9.78 Å². The van der Waals surface area contributed by atoms with Crippen LogP contribution in [-0.4, -0.2) is 41.0 Å². The minimum Gasteiger partial charge on any atom is -0.507 e. The molecule has 1 fully saturated rings. The van der Waals surface area contributed by atoms with E-state index >= 15 is 0 Å². The number of carbonyl (C=O) groups is 3. The number of aryl methyl sites for hydroxylation is 1. The predicted octanol–water partition coefficient (Wildman–Crippen LogP) is 6.23. The van der Waals surface area contributed by atoms with Crippen LogP contribution in [0.5, 0.6) is 11.5 Å². The van der Waals surface area contributed by atoms with Crippen LogP contribution >= 0.6 is 11.3 Å². The molecule has 1 unspecified atom stereocenters. The van der Waals surface area contributed by atoms with E-state index in [9.17, 15) is 19.5 Å². The fraction of sp³-hybridized carbons (Fsp3) is 0.212. The molecule has 220 valence electrons. The number of carbonyl (C=O) groups excluding carboxylic acids is 3. The maximum Gasteiger partial charge on any atom is 0.350 e. The van der Waals surface area contributed by atoms with E-state index in [1.807, 2.05) is 37.3 Å². The molecule has 1 N–H and O–H groups in total. The number of ether oxygens (including phenoxy) is 3. The Bertz CT molecular complexity index is 1680. The third kappa shape index (κ3) is 6.14. The van der Waals surface area contributed by atoms with Gasteiger partial charge >= 0.3 is 11.9 Å². The van der Waals surface area contributed by atoms with E-state index in [1.54, 1.807) is 62.4 Å². The largest absolute Gasteiger partial charge is 0.507 e. The van der Waals surface area contributed by atoms with Crippen molar-refractivity contribution in [3.63, 3.8) is 0 Å². The van der Waals surface area contributed by atoms with Gasteiger partial charge in [-0.05, 0) is 68.3 Å². The quantitative estimate of drug-likeness (QED) is 0.0989. The predicted molar refractivity (Wildman–Crippen MR) is 162 cm³/mol. The van der Waals surface area contributed by atoms with Crippen LogP contribution in [0.2, 0.25) is 0 Å². The molecule has 9 nitrogen and oxygen atoms in total. The SMILES string of the molecule is CCOC(=O)c1sc(N2C(=O)C(=O)/C(=C(/O)c3ccc(OCC)cc3)C2c2cccc(OCc3ccccc3)c2)nc1C. The van der Waals surface area contributed by atoms with Gasteiger partial charge in [0.2, 0.25) is 0 Å². The summed E-state index contributed by atoms with van der Waals surface area (Å²) in [5, 5.41) is 11.6. The lowest BCUT2D eigenvalue weighted by molar-refractivity contribution is -0.132. The number of thiazole rings is 1. The highest BCUT2D eigenvalue weighted by Gasteiger charge is 2.48. The minimum atomic E-state index is -1.05. The first kappa shape index (κ1) is 29.5. The van der Waals surface area contributed by atoms with Gasteiger partial charge in [-0.2, -0.15) is 0 Å². The number of aliphatic hydroxyl groups is 1. The molecular formula is C33H30N2O7S. The van der Waals surface area contributed by atoms with Crippen molar-refractivity contribution in [3.05, 3.63) is 112 Å². The molecule has 1 aromatic heterocycles. The van der Waals surface area contributed by atoms with Gasteiger partial charge in [-0.3, -0.25) is 14.5 Å². The molecule has 1 amide bonds. The first-order chi connectivity index (χ1) is 20.8. The Hall–Kier alpha value is -4.96. The lowest BCUT2D eigenvalue weighted by atomic mass is 9.95. The second-order valence-corrected chi connectivity index (χ2v) is 10.6. The molecule has 0 radical (unpaired) electrons. The molecule has 1 atom stereocenters. The smallest absolute Gasteiger partial charge is 0.350 e. The normalized spacial score (nSPS) is 15.9. The molecule has 1 aliphatic heterocycles. The Balaban J connectivity index is 1.60. The van der Waals surface area contributed by atoms with Crippen LogP contribution in [0.1, 0.15) is 51.9 Å². The molecule has 0 saturated carbocycles. The van der Waals surface area contributed by atoms with Crippen LogP contribution in [0.15, 0.2) is 84.4 Å². The Morgan fingerprint density at radius 3 is 2.37 bits per heavy atom. The van der Waals surface area contributed by atoms with Crippen LogP contribution in [0.4, 0.5) is 5.13 Å². The standard InChI is InChI=1S/C33H30N2O7S/c1-4-40-24-16-14-22(15-17-24)28(36)26-27(23-12-9-13-25(18-23)42-19-21-10-7-6-8-11-21)35(31(38)29(26)37)33-34-20(3)30(43-33)32(39)41-5-2/h6-18,27,36H,4-5,19H2,1-3H3/b28-26+. The van der Waals surface area contributed by atoms with Gasteiger partial charge in [-0.15, -0.1) is 0 Å². The van der Waals surface area contributed by atoms with Crippen LogP contribution in [0.25, 0.3) is 5.76 Å². The highest BCUT2D eigenvalue weighted by molar-refractivity contribution is 7.17. The van der Waals surface area contributed by atoms with Gasteiger partial charge in [0.25, 0.3) is 5.78 Å². The molecule has 2 heterocycles. The van der Waals surface area contributed by atoms with E-state index in [4.69, 9.17) is 14.2 Å². The number of hydrogen-bond donors (Lipinski definition) is 1. The summed E-state index contributed by atoms with van der Waals surface area (Å²) in [6.07, 6.45) is 0. The molecule has 3 aromatic carbocycles. The Labute approximate surface area is 253 Å². The summed E-state index contributed by atoms with van der Waals surface area (Å²) in [5.74, 6) is -1.56. The lowest BCUT2D eigenvalue weighted by Gasteiger charge is -2.23. The zero-order chi connectivity index (χ0) is 30.5. The van der Waals surface area contributed by atoms with Gasteiger partial charge < -0.3 is 19.3 Å². The molecule has 0 spiro atoms. The Kier molecular flexibility index (Phi) is 8.87. The van der Waals surface area contributed by atoms with Crippen molar-refractivity contribution in [1.82, 2.24) is 4.98 Å². The van der Waals surface area contributed by atoms with Gasteiger partial charge in [0, 0.05) is 5.56 Å². The summed E-state index contributed by atoms with van der Waals surface area (Å²) in [6.45, 7) is 6.15. The number of hydrogen-bond acceptors (Lipinski definition) is 9. The lowest BCUT2D eigenvalue weighted by Crippen LogP contribution is -2.29. The van der Waals surface area contributed by atoms with E-state index in [0.29, 0.717) is 41.5 Å². The molecule has 1 saturated heterocycles. The van der Waals surface area contributed by atoms with Crippen LogP contribution in [0.3, 0.4) is 0 Å². The van der Waals surface area contributed by atoms with Crippen molar-refractivity contribution < 1.29 is 33.7 Å². The molecule has 4 aromatic rings. The fourth-order valence-electron chi connectivity index (χ4n) is 4.76. The molecule has 5 rings (SSSR count). The summed E-state index contributed by atoms with van der Waals surface area (Å²) in [6, 6.07) is 22.2. The van der Waals surface area contributed by atoms with Crippen molar-refractivity contribution in [2.45, 2.75) is 33.4 Å². The second kappa shape index (κ2) is 12.9. The van der Waals surface area contributed by atoms with Gasteiger partial charge in [0.15, 0.2) is 5.13 Å². The maximum atomic E-state index is 13.6. The number of aliphatic hydroxyl groups excluding tert-OH is 1.